The zero-order valence-corrected chi connectivity index (χ0v) is 19.2. The second-order valence-electron chi connectivity index (χ2n) is 7.59. The summed E-state index contributed by atoms with van der Waals surface area (Å²) in [5.74, 6) is -1.74. The molecular weight excluding hydrogens is 428 g/mol. The molecule has 0 atom stereocenters. The third-order valence-electron chi connectivity index (χ3n) is 5.50. The van der Waals surface area contributed by atoms with Crippen LogP contribution in [-0.2, 0) is 19.1 Å². The van der Waals surface area contributed by atoms with E-state index in [4.69, 9.17) is 9.47 Å². The standard InChI is InChI=1S/C28H26N2O4/c1-3-33-27(31)23-22(21-16-11-17-29-18-21)24(28(32)34-4-2)26(20-14-9-6-10-15-20)30-25(23)19-12-7-5-8-13-19/h5-18,22,30H,3-4H2,1-2H3. The molecule has 0 amide bonds. The van der Waals surface area contributed by atoms with Crippen molar-refractivity contribution in [2.45, 2.75) is 19.8 Å². The number of pyridine rings is 1. The number of nitrogens with zero attached hydrogens (tertiary/aromatic N) is 1. The number of rotatable bonds is 7. The molecule has 6 nitrogen and oxygen atoms in total. The van der Waals surface area contributed by atoms with Crippen molar-refractivity contribution >= 4 is 23.3 Å². The molecule has 0 spiro atoms. The normalized spacial score (nSPS) is 13.9. The Balaban J connectivity index is 2.06. The first-order valence-electron chi connectivity index (χ1n) is 11.3. The first-order valence-corrected chi connectivity index (χ1v) is 11.3. The van der Waals surface area contributed by atoms with E-state index in [1.807, 2.05) is 66.7 Å². The summed E-state index contributed by atoms with van der Waals surface area (Å²) in [5, 5.41) is 3.40. The van der Waals surface area contributed by atoms with Crippen LogP contribution in [-0.4, -0.2) is 30.1 Å². The van der Waals surface area contributed by atoms with Crippen LogP contribution in [0, 0.1) is 0 Å². The first-order chi connectivity index (χ1) is 16.7. The first kappa shape index (κ1) is 23.0. The zero-order valence-electron chi connectivity index (χ0n) is 19.2. The lowest BCUT2D eigenvalue weighted by molar-refractivity contribution is -0.139. The van der Waals surface area contributed by atoms with E-state index in [0.717, 1.165) is 11.1 Å². The molecule has 0 fully saturated rings. The summed E-state index contributed by atoms with van der Waals surface area (Å²) in [4.78, 5) is 31.1. The SMILES string of the molecule is CCOC(=O)C1=C(c2ccccc2)NC(c2ccccc2)=C(C(=O)OCC)C1c1cccnc1. The van der Waals surface area contributed by atoms with Gasteiger partial charge in [0.2, 0.25) is 0 Å². The van der Waals surface area contributed by atoms with E-state index in [9.17, 15) is 9.59 Å². The van der Waals surface area contributed by atoms with Gasteiger partial charge < -0.3 is 14.8 Å². The molecule has 4 rings (SSSR count). The van der Waals surface area contributed by atoms with Gasteiger partial charge in [0.25, 0.3) is 0 Å². The third kappa shape index (κ3) is 4.62. The van der Waals surface area contributed by atoms with Gasteiger partial charge in [-0.25, -0.2) is 9.59 Å². The Labute approximate surface area is 198 Å². The van der Waals surface area contributed by atoms with Gasteiger partial charge in [-0.15, -0.1) is 0 Å². The molecule has 34 heavy (non-hydrogen) atoms. The quantitative estimate of drug-likeness (QED) is 0.521. The number of esters is 2. The van der Waals surface area contributed by atoms with Gasteiger partial charge in [-0.2, -0.15) is 0 Å². The average Bonchev–Trinajstić information content (AvgIpc) is 2.89. The largest absolute Gasteiger partial charge is 0.463 e. The number of hydrogen-bond donors (Lipinski definition) is 1. The minimum absolute atomic E-state index is 0.203. The van der Waals surface area contributed by atoms with E-state index in [-0.39, 0.29) is 13.2 Å². The molecule has 6 heteroatoms. The molecule has 0 radical (unpaired) electrons. The zero-order chi connectivity index (χ0) is 23.9. The third-order valence-corrected chi connectivity index (χ3v) is 5.50. The van der Waals surface area contributed by atoms with E-state index < -0.39 is 17.9 Å². The van der Waals surface area contributed by atoms with Crippen molar-refractivity contribution in [3.63, 3.8) is 0 Å². The maximum Gasteiger partial charge on any atom is 0.337 e. The van der Waals surface area contributed by atoms with Gasteiger partial charge in [-0.05, 0) is 36.6 Å². The monoisotopic (exact) mass is 454 g/mol. The Hall–Kier alpha value is -4.19. The molecule has 172 valence electrons. The van der Waals surface area contributed by atoms with Gasteiger partial charge in [-0.3, -0.25) is 4.98 Å². The highest BCUT2D eigenvalue weighted by Crippen LogP contribution is 2.44. The maximum atomic E-state index is 13.4. The Morgan fingerprint density at radius 2 is 1.26 bits per heavy atom. The number of benzene rings is 2. The van der Waals surface area contributed by atoms with Crippen LogP contribution in [0.4, 0.5) is 0 Å². The fourth-order valence-corrected chi connectivity index (χ4v) is 4.10. The molecule has 1 aliphatic heterocycles. The summed E-state index contributed by atoms with van der Waals surface area (Å²) in [6.07, 6.45) is 3.32. The van der Waals surface area contributed by atoms with E-state index in [2.05, 4.69) is 10.3 Å². The van der Waals surface area contributed by atoms with Crippen LogP contribution in [0.2, 0.25) is 0 Å². The molecule has 2 heterocycles. The molecule has 1 N–H and O–H groups in total. The summed E-state index contributed by atoms with van der Waals surface area (Å²) in [7, 11) is 0. The second kappa shape index (κ2) is 10.6. The number of hydrogen-bond acceptors (Lipinski definition) is 6. The Kier molecular flexibility index (Phi) is 7.18. The molecular formula is C28H26N2O4. The topological polar surface area (TPSA) is 77.5 Å². The Bertz CT molecular complexity index is 1140. The molecule has 0 bridgehead atoms. The van der Waals surface area contributed by atoms with Crippen LogP contribution in [0.5, 0.6) is 0 Å². The van der Waals surface area contributed by atoms with Crippen molar-refractivity contribution in [2.75, 3.05) is 13.2 Å². The van der Waals surface area contributed by atoms with Crippen LogP contribution in [0.3, 0.4) is 0 Å². The molecule has 1 aromatic heterocycles. The summed E-state index contributed by atoms with van der Waals surface area (Å²) in [5.41, 5.74) is 4.13. The summed E-state index contributed by atoms with van der Waals surface area (Å²) >= 11 is 0. The molecule has 0 aliphatic carbocycles. The Morgan fingerprint density at radius 1 is 0.765 bits per heavy atom. The molecule has 0 saturated heterocycles. The molecule has 1 aliphatic rings. The molecule has 0 saturated carbocycles. The number of ether oxygens (including phenoxy) is 2. The minimum Gasteiger partial charge on any atom is -0.463 e. The van der Waals surface area contributed by atoms with E-state index >= 15 is 0 Å². The van der Waals surface area contributed by atoms with Gasteiger partial charge in [0.1, 0.15) is 0 Å². The summed E-state index contributed by atoms with van der Waals surface area (Å²) < 4.78 is 11.0. The highest BCUT2D eigenvalue weighted by molar-refractivity contribution is 6.10. The summed E-state index contributed by atoms with van der Waals surface area (Å²) in [6.45, 7) is 3.92. The van der Waals surface area contributed by atoms with E-state index in [0.29, 0.717) is 28.1 Å². The highest BCUT2D eigenvalue weighted by atomic mass is 16.5. The van der Waals surface area contributed by atoms with Crippen molar-refractivity contribution in [1.82, 2.24) is 10.3 Å². The fourth-order valence-electron chi connectivity index (χ4n) is 4.10. The van der Waals surface area contributed by atoms with Gasteiger partial charge in [0, 0.05) is 12.4 Å². The van der Waals surface area contributed by atoms with Crippen LogP contribution in [0.15, 0.2) is 96.3 Å². The van der Waals surface area contributed by atoms with Gasteiger partial charge in [0.15, 0.2) is 0 Å². The lowest BCUT2D eigenvalue weighted by Gasteiger charge is -2.32. The molecule has 2 aromatic carbocycles. The van der Waals surface area contributed by atoms with Crippen molar-refractivity contribution < 1.29 is 19.1 Å². The van der Waals surface area contributed by atoms with Gasteiger partial charge in [-0.1, -0.05) is 66.7 Å². The molecule has 0 unspecified atom stereocenters. The average molecular weight is 455 g/mol. The van der Waals surface area contributed by atoms with Crippen LogP contribution in [0.25, 0.3) is 11.4 Å². The van der Waals surface area contributed by atoms with Crippen LogP contribution < -0.4 is 5.32 Å². The fraction of sp³-hybridized carbons (Fsp3) is 0.179. The predicted octanol–water partition coefficient (Wildman–Crippen LogP) is 4.72. The van der Waals surface area contributed by atoms with Gasteiger partial charge in [0.05, 0.1) is 41.7 Å². The number of carbonyl (C=O) groups excluding carboxylic acids is 2. The predicted molar refractivity (Wildman–Crippen MR) is 130 cm³/mol. The van der Waals surface area contributed by atoms with Crippen molar-refractivity contribution in [3.8, 4) is 0 Å². The summed E-state index contributed by atoms with van der Waals surface area (Å²) in [6, 6.07) is 22.7. The van der Waals surface area contributed by atoms with Crippen LogP contribution >= 0.6 is 0 Å². The van der Waals surface area contributed by atoms with Crippen molar-refractivity contribution in [2.24, 2.45) is 0 Å². The van der Waals surface area contributed by atoms with Crippen LogP contribution in [0.1, 0.15) is 36.5 Å². The number of dihydropyridines is 1. The lowest BCUT2D eigenvalue weighted by Crippen LogP contribution is -2.33. The second-order valence-corrected chi connectivity index (χ2v) is 7.59. The minimum atomic E-state index is -0.738. The molecule has 3 aromatic rings. The highest BCUT2D eigenvalue weighted by Gasteiger charge is 2.40. The number of nitrogens with one attached hydrogen (secondary N) is 1. The number of carbonyl (C=O) groups is 2. The Morgan fingerprint density at radius 3 is 1.68 bits per heavy atom. The van der Waals surface area contributed by atoms with Crippen molar-refractivity contribution in [3.05, 3.63) is 113 Å². The van der Waals surface area contributed by atoms with Crippen molar-refractivity contribution in [1.29, 1.82) is 0 Å². The lowest BCUT2D eigenvalue weighted by atomic mass is 9.78. The van der Waals surface area contributed by atoms with E-state index in [1.165, 1.54) is 0 Å². The number of aromatic nitrogens is 1. The van der Waals surface area contributed by atoms with Gasteiger partial charge >= 0.3 is 11.9 Å². The maximum absolute atomic E-state index is 13.4. The smallest absolute Gasteiger partial charge is 0.337 e. The van der Waals surface area contributed by atoms with E-state index in [1.54, 1.807) is 32.3 Å².